The number of nitrogens with zero attached hydrogens (tertiary/aromatic N) is 3. The van der Waals surface area contributed by atoms with Crippen LogP contribution < -0.4 is 20.9 Å². The van der Waals surface area contributed by atoms with Crippen LogP contribution in [0.5, 0.6) is 0 Å². The third-order valence-corrected chi connectivity index (χ3v) is 6.25. The zero-order valence-electron chi connectivity index (χ0n) is 13.7. The smallest absolute Gasteiger partial charge is 0.329 e. The van der Waals surface area contributed by atoms with Crippen molar-refractivity contribution in [3.05, 3.63) is 26.9 Å². The molecule has 2 N–H and O–H groups in total. The van der Waals surface area contributed by atoms with Gasteiger partial charge in [-0.1, -0.05) is 0 Å². The Balaban J connectivity index is 1.69. The van der Waals surface area contributed by atoms with Gasteiger partial charge in [0.25, 0.3) is 15.8 Å². The number of aromatic amines is 1. The number of rotatable bonds is 5. The normalized spacial score (nSPS) is 22.4. The van der Waals surface area contributed by atoms with E-state index in [0.717, 1.165) is 17.4 Å². The number of H-pyrrole nitrogens is 1. The molecule has 3 heterocycles. The minimum Gasteiger partial charge on any atom is -0.356 e. The second-order valence-corrected chi connectivity index (χ2v) is 7.91. The van der Waals surface area contributed by atoms with E-state index in [1.54, 1.807) is 6.92 Å². The van der Waals surface area contributed by atoms with E-state index in [-0.39, 0.29) is 11.6 Å². The van der Waals surface area contributed by atoms with Crippen molar-refractivity contribution < 1.29 is 8.42 Å². The first-order chi connectivity index (χ1) is 11.4. The Morgan fingerprint density at radius 3 is 2.58 bits per heavy atom. The molecule has 1 aromatic heterocycles. The van der Waals surface area contributed by atoms with E-state index in [2.05, 4.69) is 9.71 Å². The van der Waals surface area contributed by atoms with Gasteiger partial charge in [-0.25, -0.2) is 4.79 Å². The predicted molar refractivity (Wildman–Crippen MR) is 90.5 cm³/mol. The molecule has 0 aliphatic carbocycles. The summed E-state index contributed by atoms with van der Waals surface area (Å²) in [6, 6.07) is 1.16. The summed E-state index contributed by atoms with van der Waals surface area (Å²) in [6.45, 7) is 4.18. The van der Waals surface area contributed by atoms with Crippen LogP contribution in [0.15, 0.2) is 15.7 Å². The summed E-state index contributed by atoms with van der Waals surface area (Å²) in [7, 11) is -3.46. The molecule has 0 bridgehead atoms. The van der Waals surface area contributed by atoms with Crippen molar-refractivity contribution in [1.29, 1.82) is 0 Å². The third kappa shape index (κ3) is 3.40. The minimum atomic E-state index is -3.46. The predicted octanol–water partition coefficient (Wildman–Crippen LogP) is -0.935. The molecule has 2 fully saturated rings. The molecule has 0 unspecified atom stereocenters. The summed E-state index contributed by atoms with van der Waals surface area (Å²) in [5.74, 6) is 0.442. The minimum absolute atomic E-state index is 0.229. The highest BCUT2D eigenvalue weighted by Gasteiger charge is 2.31. The fraction of sp³-hybridized carbons (Fsp3) is 0.714. The first-order valence-electron chi connectivity index (χ1n) is 8.27. The van der Waals surface area contributed by atoms with Crippen LogP contribution in [0.3, 0.4) is 0 Å². The molecule has 10 heteroatoms. The fourth-order valence-electron chi connectivity index (χ4n) is 3.27. The van der Waals surface area contributed by atoms with Crippen LogP contribution in [0.25, 0.3) is 0 Å². The maximum Gasteiger partial charge on any atom is 0.329 e. The average molecular weight is 357 g/mol. The second kappa shape index (κ2) is 6.69. The first kappa shape index (κ1) is 17.2. The quantitative estimate of drug-likeness (QED) is 0.708. The van der Waals surface area contributed by atoms with Gasteiger partial charge in [0.1, 0.15) is 5.82 Å². The molecule has 0 saturated carbocycles. The van der Waals surface area contributed by atoms with Gasteiger partial charge < -0.3 is 4.90 Å². The summed E-state index contributed by atoms with van der Waals surface area (Å²) in [4.78, 5) is 28.4. The van der Waals surface area contributed by atoms with Gasteiger partial charge in [-0.2, -0.15) is 17.4 Å². The maximum absolute atomic E-state index is 12.3. The Labute approximate surface area is 140 Å². The van der Waals surface area contributed by atoms with Gasteiger partial charge >= 0.3 is 5.69 Å². The largest absolute Gasteiger partial charge is 0.356 e. The topological polar surface area (TPSA) is 108 Å². The first-order valence-corrected chi connectivity index (χ1v) is 9.71. The Bertz CT molecular complexity index is 778. The van der Waals surface area contributed by atoms with E-state index >= 15 is 0 Å². The molecule has 0 aromatic carbocycles. The highest BCUT2D eigenvalue weighted by Crippen LogP contribution is 2.18. The van der Waals surface area contributed by atoms with E-state index in [0.29, 0.717) is 45.0 Å². The van der Waals surface area contributed by atoms with E-state index in [9.17, 15) is 18.0 Å². The molecule has 24 heavy (non-hydrogen) atoms. The van der Waals surface area contributed by atoms with Crippen LogP contribution in [0.2, 0.25) is 0 Å². The van der Waals surface area contributed by atoms with Crippen LogP contribution in [-0.2, 0) is 16.8 Å². The lowest BCUT2D eigenvalue weighted by Gasteiger charge is -2.21. The molecule has 3 rings (SSSR count). The second-order valence-electron chi connectivity index (χ2n) is 6.20. The van der Waals surface area contributed by atoms with Crippen molar-refractivity contribution in [3.63, 3.8) is 0 Å². The van der Waals surface area contributed by atoms with Crippen molar-refractivity contribution in [2.24, 2.45) is 0 Å². The number of aromatic nitrogens is 2. The fourth-order valence-corrected chi connectivity index (χ4v) is 4.77. The molecule has 0 radical (unpaired) electrons. The third-order valence-electron chi connectivity index (χ3n) is 4.57. The Kier molecular flexibility index (Phi) is 4.79. The summed E-state index contributed by atoms with van der Waals surface area (Å²) in [5, 5.41) is 0. The number of nitrogens with one attached hydrogen (secondary N) is 2. The molecule has 9 nitrogen and oxygen atoms in total. The molecule has 134 valence electrons. The highest BCUT2D eigenvalue weighted by atomic mass is 32.2. The lowest BCUT2D eigenvalue weighted by Crippen LogP contribution is -2.45. The molecule has 1 atom stereocenters. The van der Waals surface area contributed by atoms with Gasteiger partial charge in [-0.15, -0.1) is 0 Å². The van der Waals surface area contributed by atoms with Gasteiger partial charge in [0.15, 0.2) is 0 Å². The van der Waals surface area contributed by atoms with Crippen LogP contribution in [-0.4, -0.2) is 54.5 Å². The number of hydrogen-bond donors (Lipinski definition) is 2. The van der Waals surface area contributed by atoms with Crippen LogP contribution in [0, 0.1) is 0 Å². The van der Waals surface area contributed by atoms with Crippen molar-refractivity contribution >= 4 is 16.0 Å². The molecule has 1 aromatic rings. The molecule has 2 aliphatic rings. The molecule has 0 amide bonds. The molecular weight excluding hydrogens is 334 g/mol. The van der Waals surface area contributed by atoms with E-state index in [1.165, 1.54) is 10.4 Å². The van der Waals surface area contributed by atoms with Crippen molar-refractivity contribution in [1.82, 2.24) is 18.6 Å². The Hall–Kier alpha value is -1.65. The molecule has 0 spiro atoms. The molecular formula is C14H23N5O4S. The zero-order valence-corrected chi connectivity index (χ0v) is 14.5. The van der Waals surface area contributed by atoms with Gasteiger partial charge in [0.05, 0.1) is 0 Å². The highest BCUT2D eigenvalue weighted by molar-refractivity contribution is 7.87. The summed E-state index contributed by atoms with van der Waals surface area (Å²) < 4.78 is 29.9. The maximum atomic E-state index is 12.3. The average Bonchev–Trinajstić information content (AvgIpc) is 3.18. The standard InChI is InChI=1S/C14H23N5O4S/c1-2-19-13(20)9-12(15-14(19)21)17-8-5-11(10-17)16-24(22,23)18-6-3-4-7-18/h9,11,16H,2-8,10H2,1H3,(H,15,21)/t11-/m1/s1. The SMILES string of the molecule is CCn1c(=O)cc(N2CC[C@@H](NS(=O)(=O)N3CCCC3)C2)[nH]c1=O. The molecule has 2 aliphatic heterocycles. The Morgan fingerprint density at radius 1 is 1.25 bits per heavy atom. The van der Waals surface area contributed by atoms with E-state index in [1.807, 2.05) is 4.90 Å². The van der Waals surface area contributed by atoms with Gasteiger partial charge in [-0.3, -0.25) is 14.3 Å². The summed E-state index contributed by atoms with van der Waals surface area (Å²) >= 11 is 0. The monoisotopic (exact) mass is 357 g/mol. The summed E-state index contributed by atoms with van der Waals surface area (Å²) in [5.41, 5.74) is -0.793. The molecule has 2 saturated heterocycles. The number of hydrogen-bond acceptors (Lipinski definition) is 5. The zero-order chi connectivity index (χ0) is 17.3. The lowest BCUT2D eigenvalue weighted by molar-refractivity contribution is 0.455. The van der Waals surface area contributed by atoms with Crippen molar-refractivity contribution in [3.8, 4) is 0 Å². The number of anilines is 1. The van der Waals surface area contributed by atoms with Crippen LogP contribution in [0.4, 0.5) is 5.82 Å². The van der Waals surface area contributed by atoms with Gasteiger partial charge in [0.2, 0.25) is 0 Å². The van der Waals surface area contributed by atoms with Crippen LogP contribution in [0.1, 0.15) is 26.2 Å². The van der Waals surface area contributed by atoms with Gasteiger partial charge in [-0.05, 0) is 26.2 Å². The van der Waals surface area contributed by atoms with Crippen molar-refractivity contribution in [2.45, 2.75) is 38.8 Å². The van der Waals surface area contributed by atoms with Crippen molar-refractivity contribution in [2.75, 3.05) is 31.1 Å². The summed E-state index contributed by atoms with van der Waals surface area (Å²) in [6.07, 6.45) is 2.42. The lowest BCUT2D eigenvalue weighted by atomic mass is 10.3. The van der Waals surface area contributed by atoms with E-state index in [4.69, 9.17) is 0 Å². The van der Waals surface area contributed by atoms with Crippen LogP contribution >= 0.6 is 0 Å². The van der Waals surface area contributed by atoms with Gasteiger partial charge in [0, 0.05) is 44.8 Å². The van der Waals surface area contributed by atoms with E-state index < -0.39 is 15.9 Å². The Morgan fingerprint density at radius 2 is 1.96 bits per heavy atom.